The van der Waals surface area contributed by atoms with Crippen LogP contribution in [-0.2, 0) is 12.7 Å². The molecule has 1 fully saturated rings. The number of hydrogen-bond acceptors (Lipinski definition) is 6. The molecule has 0 unspecified atom stereocenters. The van der Waals surface area contributed by atoms with Crippen molar-refractivity contribution in [2.75, 3.05) is 31.5 Å². The first-order chi connectivity index (χ1) is 17.3. The molecular formula is C25H24F3N7O. The summed E-state index contributed by atoms with van der Waals surface area (Å²) in [4.78, 5) is 19.6. The van der Waals surface area contributed by atoms with E-state index in [0.717, 1.165) is 43.7 Å². The third kappa shape index (κ3) is 4.93. The maximum atomic E-state index is 14.0. The molecule has 8 nitrogen and oxygen atoms in total. The zero-order valence-corrected chi connectivity index (χ0v) is 19.5. The van der Waals surface area contributed by atoms with E-state index in [2.05, 4.69) is 30.8 Å². The van der Waals surface area contributed by atoms with Gasteiger partial charge >= 0.3 is 6.18 Å². The molecule has 0 radical (unpaired) electrons. The van der Waals surface area contributed by atoms with Crippen LogP contribution in [-0.4, -0.2) is 57.0 Å². The van der Waals surface area contributed by atoms with Crippen LogP contribution in [0, 0.1) is 6.92 Å². The van der Waals surface area contributed by atoms with E-state index in [0.29, 0.717) is 15.8 Å². The van der Waals surface area contributed by atoms with Crippen molar-refractivity contribution in [3.63, 3.8) is 0 Å². The van der Waals surface area contributed by atoms with Crippen LogP contribution >= 0.6 is 0 Å². The Bertz CT molecular complexity index is 1410. The summed E-state index contributed by atoms with van der Waals surface area (Å²) in [5, 5.41) is 13.9. The highest BCUT2D eigenvalue weighted by atomic mass is 19.4. The minimum atomic E-state index is -4.85. The van der Waals surface area contributed by atoms with Crippen LogP contribution in [0.3, 0.4) is 0 Å². The molecule has 36 heavy (non-hydrogen) atoms. The Morgan fingerprint density at radius 2 is 1.86 bits per heavy atom. The lowest BCUT2D eigenvalue weighted by molar-refractivity contribution is -0.143. The van der Waals surface area contributed by atoms with E-state index >= 15 is 0 Å². The molecule has 0 aliphatic carbocycles. The van der Waals surface area contributed by atoms with Gasteiger partial charge in [0.1, 0.15) is 5.82 Å². The standard InChI is InChI=1S/C25H24F3N7O/c1-16-4-2-3-5-20(16)35-23(25(26,27)28)22(32-33-35)24(36)31-21-9-7-18-14-17(6-8-19(18)30-21)15-34-12-10-29-11-13-34/h2-9,14,29H,10-13,15H2,1H3,(H,30,31,36). The van der Waals surface area contributed by atoms with Crippen molar-refractivity contribution >= 4 is 22.6 Å². The van der Waals surface area contributed by atoms with Gasteiger partial charge in [0.15, 0.2) is 11.4 Å². The fraction of sp³-hybridized carbons (Fsp3) is 0.280. The Kier molecular flexibility index (Phi) is 6.42. The van der Waals surface area contributed by atoms with Crippen molar-refractivity contribution in [1.82, 2.24) is 30.2 Å². The van der Waals surface area contributed by atoms with Crippen molar-refractivity contribution in [1.29, 1.82) is 0 Å². The van der Waals surface area contributed by atoms with Crippen LogP contribution in [0.2, 0.25) is 0 Å². The van der Waals surface area contributed by atoms with E-state index in [1.165, 1.54) is 6.07 Å². The Balaban J connectivity index is 1.39. The lowest BCUT2D eigenvalue weighted by atomic mass is 10.1. The average molecular weight is 496 g/mol. The minimum Gasteiger partial charge on any atom is -0.314 e. The monoisotopic (exact) mass is 495 g/mol. The van der Waals surface area contributed by atoms with E-state index in [-0.39, 0.29) is 11.5 Å². The topological polar surface area (TPSA) is 88.0 Å². The van der Waals surface area contributed by atoms with Crippen molar-refractivity contribution in [3.8, 4) is 5.69 Å². The Morgan fingerprint density at radius 1 is 1.08 bits per heavy atom. The molecule has 4 aromatic rings. The molecule has 2 aromatic heterocycles. The number of halogens is 3. The minimum absolute atomic E-state index is 0.126. The van der Waals surface area contributed by atoms with E-state index in [4.69, 9.17) is 0 Å². The number of para-hydroxylation sites is 1. The predicted molar refractivity (Wildman–Crippen MR) is 129 cm³/mol. The normalized spacial score (nSPS) is 14.8. The number of pyridine rings is 1. The number of carbonyl (C=O) groups is 1. The molecule has 1 aliphatic rings. The fourth-order valence-corrected chi connectivity index (χ4v) is 4.30. The number of rotatable bonds is 5. The number of aryl methyl sites for hydroxylation is 1. The van der Waals surface area contributed by atoms with Gasteiger partial charge in [0.25, 0.3) is 5.91 Å². The maximum absolute atomic E-state index is 14.0. The number of alkyl halides is 3. The van der Waals surface area contributed by atoms with Crippen LogP contribution in [0.1, 0.15) is 27.3 Å². The summed E-state index contributed by atoms with van der Waals surface area (Å²) in [5.41, 5.74) is 0.456. The summed E-state index contributed by atoms with van der Waals surface area (Å²) in [6.45, 7) is 6.38. The van der Waals surface area contributed by atoms with Crippen LogP contribution in [0.25, 0.3) is 16.6 Å². The highest BCUT2D eigenvalue weighted by Gasteiger charge is 2.42. The number of benzene rings is 2. The lowest BCUT2D eigenvalue weighted by Crippen LogP contribution is -2.42. The SMILES string of the molecule is Cc1ccccc1-n1nnc(C(=O)Nc2ccc3cc(CN4CCNCC4)ccc3n2)c1C(F)(F)F. The summed E-state index contributed by atoms with van der Waals surface area (Å²) in [6.07, 6.45) is -4.85. The second-order valence-electron chi connectivity index (χ2n) is 8.69. The lowest BCUT2D eigenvalue weighted by Gasteiger charge is -2.27. The first kappa shape index (κ1) is 23.9. The predicted octanol–water partition coefficient (Wildman–Crippen LogP) is 3.80. The van der Waals surface area contributed by atoms with Crippen LogP contribution in [0.15, 0.2) is 54.6 Å². The highest BCUT2D eigenvalue weighted by Crippen LogP contribution is 2.33. The van der Waals surface area contributed by atoms with Gasteiger partial charge in [-0.2, -0.15) is 13.2 Å². The number of aromatic nitrogens is 4. The quantitative estimate of drug-likeness (QED) is 0.438. The number of fused-ring (bicyclic) bond motifs is 1. The summed E-state index contributed by atoms with van der Waals surface area (Å²) in [7, 11) is 0. The van der Waals surface area contributed by atoms with E-state index < -0.39 is 23.5 Å². The number of anilines is 1. The van der Waals surface area contributed by atoms with Crippen molar-refractivity contribution in [2.24, 2.45) is 0 Å². The number of piperazine rings is 1. The maximum Gasteiger partial charge on any atom is 0.435 e. The molecule has 186 valence electrons. The van der Waals surface area contributed by atoms with Crippen LogP contribution in [0.4, 0.5) is 19.0 Å². The first-order valence-corrected chi connectivity index (χ1v) is 11.5. The van der Waals surface area contributed by atoms with Crippen LogP contribution in [0.5, 0.6) is 0 Å². The molecule has 5 rings (SSSR count). The van der Waals surface area contributed by atoms with Crippen molar-refractivity contribution in [2.45, 2.75) is 19.6 Å². The molecule has 1 aliphatic heterocycles. The van der Waals surface area contributed by atoms with Gasteiger partial charge in [0.2, 0.25) is 0 Å². The molecular weight excluding hydrogens is 471 g/mol. The fourth-order valence-electron chi connectivity index (χ4n) is 4.30. The molecule has 3 heterocycles. The van der Waals surface area contributed by atoms with Gasteiger partial charge in [-0.25, -0.2) is 9.67 Å². The van der Waals surface area contributed by atoms with Crippen molar-refractivity contribution < 1.29 is 18.0 Å². The zero-order chi connectivity index (χ0) is 25.3. The number of amides is 1. The average Bonchev–Trinajstić information content (AvgIpc) is 3.31. The Labute approximate surface area is 205 Å². The smallest absolute Gasteiger partial charge is 0.314 e. The van der Waals surface area contributed by atoms with Gasteiger partial charge in [0, 0.05) is 38.1 Å². The second kappa shape index (κ2) is 9.67. The van der Waals surface area contributed by atoms with E-state index in [1.54, 1.807) is 37.3 Å². The Morgan fingerprint density at radius 3 is 2.61 bits per heavy atom. The summed E-state index contributed by atoms with van der Waals surface area (Å²) >= 11 is 0. The zero-order valence-electron chi connectivity index (χ0n) is 19.5. The number of nitrogens with one attached hydrogen (secondary N) is 2. The van der Waals surface area contributed by atoms with Gasteiger partial charge in [0.05, 0.1) is 11.2 Å². The molecule has 11 heteroatoms. The number of nitrogens with zero attached hydrogens (tertiary/aromatic N) is 5. The molecule has 0 saturated carbocycles. The van der Waals surface area contributed by atoms with E-state index in [1.807, 2.05) is 18.2 Å². The molecule has 0 bridgehead atoms. The summed E-state index contributed by atoms with van der Waals surface area (Å²) < 4.78 is 42.6. The molecule has 1 saturated heterocycles. The highest BCUT2D eigenvalue weighted by molar-refractivity contribution is 6.03. The molecule has 0 spiro atoms. The molecule has 1 amide bonds. The van der Waals surface area contributed by atoms with Crippen molar-refractivity contribution in [3.05, 3.63) is 77.1 Å². The van der Waals surface area contributed by atoms with Crippen LogP contribution < -0.4 is 10.6 Å². The number of carbonyl (C=O) groups excluding carboxylic acids is 1. The third-order valence-corrected chi connectivity index (χ3v) is 6.11. The summed E-state index contributed by atoms with van der Waals surface area (Å²) in [5.74, 6) is -0.912. The van der Waals surface area contributed by atoms with Gasteiger partial charge in [-0.05, 0) is 48.4 Å². The van der Waals surface area contributed by atoms with Gasteiger partial charge in [-0.1, -0.05) is 29.5 Å². The molecule has 0 atom stereocenters. The molecule has 2 aromatic carbocycles. The second-order valence-corrected chi connectivity index (χ2v) is 8.69. The van der Waals surface area contributed by atoms with E-state index in [9.17, 15) is 18.0 Å². The Hall–Kier alpha value is -3.83. The van der Waals surface area contributed by atoms with Gasteiger partial charge in [-0.15, -0.1) is 5.10 Å². The third-order valence-electron chi connectivity index (χ3n) is 6.11. The molecule has 2 N–H and O–H groups in total. The number of hydrogen-bond donors (Lipinski definition) is 2. The summed E-state index contributed by atoms with van der Waals surface area (Å²) in [6, 6.07) is 15.6. The van der Waals surface area contributed by atoms with Gasteiger partial charge in [-0.3, -0.25) is 9.69 Å². The van der Waals surface area contributed by atoms with Gasteiger partial charge < -0.3 is 10.6 Å². The largest absolute Gasteiger partial charge is 0.435 e. The first-order valence-electron chi connectivity index (χ1n) is 11.5.